The van der Waals surface area contributed by atoms with Crippen molar-refractivity contribution in [2.75, 3.05) is 5.01 Å². The van der Waals surface area contributed by atoms with E-state index in [1.807, 2.05) is 42.6 Å². The van der Waals surface area contributed by atoms with Crippen LogP contribution in [0.4, 0.5) is 5.69 Å². The largest absolute Gasteiger partial charge is 0.454 e. The number of hydrazine groups is 1. The summed E-state index contributed by atoms with van der Waals surface area (Å²) in [6.07, 6.45) is 7.00. The van der Waals surface area contributed by atoms with Crippen molar-refractivity contribution in [3.63, 3.8) is 0 Å². The summed E-state index contributed by atoms with van der Waals surface area (Å²) in [5.74, 6) is 8.36. The molecule has 2 heterocycles. The van der Waals surface area contributed by atoms with Crippen LogP contribution in [0.3, 0.4) is 0 Å². The molecule has 2 N–H and O–H groups in total. The quantitative estimate of drug-likeness (QED) is 0.208. The van der Waals surface area contributed by atoms with Gasteiger partial charge in [-0.1, -0.05) is 18.2 Å². The highest BCUT2D eigenvalue weighted by Gasteiger charge is 2.23. The van der Waals surface area contributed by atoms with Gasteiger partial charge in [0.25, 0.3) is 0 Å². The third-order valence-corrected chi connectivity index (χ3v) is 5.22. The smallest absolute Gasteiger partial charge is 0.303 e. The first kappa shape index (κ1) is 22.1. The van der Waals surface area contributed by atoms with Gasteiger partial charge in [0, 0.05) is 18.7 Å². The van der Waals surface area contributed by atoms with Crippen molar-refractivity contribution in [2.24, 2.45) is 5.84 Å². The van der Waals surface area contributed by atoms with E-state index in [9.17, 15) is 9.59 Å². The Bertz CT molecular complexity index is 1190. The average molecular weight is 418 g/mol. The summed E-state index contributed by atoms with van der Waals surface area (Å²) in [5.41, 5.74) is 5.35. The zero-order valence-corrected chi connectivity index (χ0v) is 18.2. The molecule has 0 bridgehead atoms. The third kappa shape index (κ3) is 4.44. The highest BCUT2D eigenvalue weighted by Crippen LogP contribution is 2.26. The van der Waals surface area contributed by atoms with Crippen LogP contribution in [0.1, 0.15) is 46.7 Å². The van der Waals surface area contributed by atoms with Gasteiger partial charge < -0.3 is 14.1 Å². The molecule has 0 saturated carbocycles. The Kier molecular flexibility index (Phi) is 6.42. The van der Waals surface area contributed by atoms with Crippen LogP contribution in [0.15, 0.2) is 36.5 Å². The lowest BCUT2D eigenvalue weighted by molar-refractivity contribution is -0.143. The van der Waals surface area contributed by atoms with Gasteiger partial charge in [-0.2, -0.15) is 0 Å². The second-order valence-electron chi connectivity index (χ2n) is 7.46. The number of aryl methyl sites for hydroxylation is 2. The van der Waals surface area contributed by atoms with Gasteiger partial charge >= 0.3 is 5.97 Å². The molecule has 0 amide bonds. The van der Waals surface area contributed by atoms with E-state index in [1.54, 1.807) is 24.1 Å². The molecule has 0 radical (unpaired) electrons. The molecule has 31 heavy (non-hydrogen) atoms. The number of pyridine rings is 1. The van der Waals surface area contributed by atoms with Crippen molar-refractivity contribution in [1.82, 2.24) is 9.38 Å². The molecule has 3 aromatic rings. The van der Waals surface area contributed by atoms with Crippen LogP contribution in [0.2, 0.25) is 0 Å². The van der Waals surface area contributed by atoms with Crippen LogP contribution in [-0.4, -0.2) is 27.2 Å². The molecule has 0 aliphatic rings. The molecule has 0 saturated heterocycles. The lowest BCUT2D eigenvalue weighted by Crippen LogP contribution is -2.33. The number of terminal acetylenes is 1. The van der Waals surface area contributed by atoms with E-state index in [0.29, 0.717) is 23.3 Å². The van der Waals surface area contributed by atoms with Crippen molar-refractivity contribution in [2.45, 2.75) is 46.8 Å². The Balaban J connectivity index is 1.99. The summed E-state index contributed by atoms with van der Waals surface area (Å²) in [6.45, 7) is 6.96. The highest BCUT2D eigenvalue weighted by molar-refractivity contribution is 6.01. The van der Waals surface area contributed by atoms with Crippen molar-refractivity contribution < 1.29 is 14.3 Å². The molecule has 2 aromatic heterocycles. The Labute approximate surface area is 181 Å². The van der Waals surface area contributed by atoms with Crippen LogP contribution >= 0.6 is 0 Å². The zero-order chi connectivity index (χ0) is 22.7. The number of ketones is 1. The number of carbonyl (C=O) groups excluding carboxylic acids is 2. The first-order valence-corrected chi connectivity index (χ1v) is 9.96. The molecule has 0 fully saturated rings. The molecule has 0 aliphatic heterocycles. The molecule has 3 rings (SSSR count). The Morgan fingerprint density at radius 3 is 2.71 bits per heavy atom. The summed E-state index contributed by atoms with van der Waals surface area (Å²) in [6, 6.07) is 9.21. The van der Waals surface area contributed by atoms with Gasteiger partial charge in [-0.3, -0.25) is 9.59 Å². The average Bonchev–Trinajstić information content (AvgIpc) is 3.04. The van der Waals surface area contributed by atoms with Crippen molar-refractivity contribution in [3.05, 3.63) is 64.6 Å². The molecular formula is C24H26N4O3. The van der Waals surface area contributed by atoms with Crippen LogP contribution in [0, 0.1) is 26.2 Å². The summed E-state index contributed by atoms with van der Waals surface area (Å²) >= 11 is 0. The minimum Gasteiger partial charge on any atom is -0.454 e. The Morgan fingerprint density at radius 1 is 1.29 bits per heavy atom. The zero-order valence-electron chi connectivity index (χ0n) is 18.2. The number of fused-ring (bicyclic) bond motifs is 1. The molecule has 0 aliphatic carbocycles. The first-order chi connectivity index (χ1) is 14.7. The maximum Gasteiger partial charge on any atom is 0.303 e. The first-order valence-electron chi connectivity index (χ1n) is 9.96. The van der Waals surface area contributed by atoms with E-state index in [-0.39, 0.29) is 12.3 Å². The fraction of sp³-hybridized carbons (Fsp3) is 0.292. The number of benzene rings is 1. The molecule has 7 nitrogen and oxygen atoms in total. The predicted octanol–water partition coefficient (Wildman–Crippen LogP) is 3.14. The van der Waals surface area contributed by atoms with Gasteiger partial charge in [-0.15, -0.1) is 12.3 Å². The fourth-order valence-electron chi connectivity index (χ4n) is 3.67. The molecule has 7 heteroatoms. The number of hydrogen-bond donors (Lipinski definition) is 1. The van der Waals surface area contributed by atoms with Crippen LogP contribution in [-0.2, 0) is 22.5 Å². The van der Waals surface area contributed by atoms with E-state index in [0.717, 1.165) is 22.5 Å². The maximum atomic E-state index is 12.9. The Hall–Kier alpha value is -3.63. The van der Waals surface area contributed by atoms with E-state index < -0.39 is 12.1 Å². The van der Waals surface area contributed by atoms with E-state index in [1.165, 1.54) is 6.92 Å². The number of nitrogens with zero attached hydrogens (tertiary/aromatic N) is 3. The maximum absolute atomic E-state index is 12.9. The van der Waals surface area contributed by atoms with Crippen LogP contribution in [0.5, 0.6) is 0 Å². The van der Waals surface area contributed by atoms with E-state index >= 15 is 0 Å². The van der Waals surface area contributed by atoms with Crippen LogP contribution < -0.4 is 10.9 Å². The summed E-state index contributed by atoms with van der Waals surface area (Å²) < 4.78 is 7.03. The van der Waals surface area contributed by atoms with Gasteiger partial charge in [-0.05, 0) is 44.0 Å². The normalized spacial score (nSPS) is 11.7. The van der Waals surface area contributed by atoms with E-state index in [2.05, 4.69) is 10.9 Å². The number of aromatic nitrogens is 2. The number of Topliss-reactive ketones (excluding diaryl/α,β-unsaturated/α-hetero) is 1. The summed E-state index contributed by atoms with van der Waals surface area (Å²) in [5, 5.41) is 1.57. The lowest BCUT2D eigenvalue weighted by atomic mass is 9.96. The molecule has 1 aromatic carbocycles. The van der Waals surface area contributed by atoms with Crippen molar-refractivity contribution in [3.8, 4) is 12.3 Å². The minimum absolute atomic E-state index is 0.270. The fourth-order valence-corrected chi connectivity index (χ4v) is 3.67. The number of rotatable bonds is 7. The molecule has 160 valence electrons. The number of imidazole rings is 1. The second-order valence-corrected chi connectivity index (χ2v) is 7.46. The second kappa shape index (κ2) is 9.02. The molecule has 0 spiro atoms. The summed E-state index contributed by atoms with van der Waals surface area (Å²) in [4.78, 5) is 28.9. The summed E-state index contributed by atoms with van der Waals surface area (Å²) in [7, 11) is 0. The number of anilines is 1. The number of nitrogens with two attached hydrogens (primary N) is 1. The minimum atomic E-state index is -0.881. The number of carbonyl (C=O) groups is 2. The van der Waals surface area contributed by atoms with Gasteiger partial charge in [0.15, 0.2) is 11.8 Å². The topological polar surface area (TPSA) is 89.9 Å². The Morgan fingerprint density at radius 2 is 2.03 bits per heavy atom. The number of esters is 1. The number of ether oxygens (including phenoxy) is 1. The van der Waals surface area contributed by atoms with E-state index in [4.69, 9.17) is 17.0 Å². The van der Waals surface area contributed by atoms with Gasteiger partial charge in [0.1, 0.15) is 0 Å². The predicted molar refractivity (Wildman–Crippen MR) is 120 cm³/mol. The molecule has 1 unspecified atom stereocenters. The van der Waals surface area contributed by atoms with Gasteiger partial charge in [-0.25, -0.2) is 10.8 Å². The van der Waals surface area contributed by atoms with Crippen molar-refractivity contribution >= 4 is 23.1 Å². The third-order valence-electron chi connectivity index (χ3n) is 5.22. The highest BCUT2D eigenvalue weighted by atomic mass is 16.5. The van der Waals surface area contributed by atoms with Gasteiger partial charge in [0.05, 0.1) is 30.0 Å². The monoisotopic (exact) mass is 418 g/mol. The van der Waals surface area contributed by atoms with Gasteiger partial charge in [0.2, 0.25) is 5.78 Å². The lowest BCUT2D eigenvalue weighted by Gasteiger charge is -2.23. The standard InChI is InChI=1S/C24H26N4O3/c1-6-9-21-16(3)26-24-22(12-8-13-27(21)24)28(25)14-20-15(2)10-7-11-19(20)23(30)17(4)31-18(5)29/h1,7-8,10-13,17H,9,14,25H2,2-5H3. The number of hydrogen-bond acceptors (Lipinski definition) is 6. The van der Waals surface area contributed by atoms with Crippen molar-refractivity contribution in [1.29, 1.82) is 0 Å². The molecular weight excluding hydrogens is 392 g/mol. The molecule has 1 atom stereocenters. The SMILES string of the molecule is C#CCc1c(C)nc2c(N(N)Cc3c(C)cccc3C(=O)C(C)OC(C)=O)cccn12. The van der Waals surface area contributed by atoms with Crippen LogP contribution in [0.25, 0.3) is 5.65 Å².